The van der Waals surface area contributed by atoms with E-state index in [1.807, 2.05) is 0 Å². The number of rotatable bonds is 4. The molecule has 1 saturated heterocycles. The average Bonchev–Trinajstić information content (AvgIpc) is 2.29. The Morgan fingerprint density at radius 2 is 2.18 bits per heavy atom. The number of nitrogens with two attached hydrogens (primary N) is 1. The van der Waals surface area contributed by atoms with Gasteiger partial charge in [0.05, 0.1) is 6.61 Å². The Balaban J connectivity index is 2.70. The molecule has 1 fully saturated rings. The number of hydrogen-bond donors (Lipinski definition) is 6. The Morgan fingerprint density at radius 3 is 2.65 bits per heavy atom. The summed E-state index contributed by atoms with van der Waals surface area (Å²) < 4.78 is 4.93. The van der Waals surface area contributed by atoms with Crippen LogP contribution in [0.2, 0.25) is 0 Å². The third-order valence-corrected chi connectivity index (χ3v) is 2.44. The maximum Gasteiger partial charge on any atom is 0.230 e. The van der Waals surface area contributed by atoms with Crippen LogP contribution in [0.3, 0.4) is 0 Å². The lowest BCUT2D eigenvalue weighted by Gasteiger charge is -2.41. The van der Waals surface area contributed by atoms with Crippen molar-refractivity contribution in [1.29, 1.82) is 0 Å². The summed E-state index contributed by atoms with van der Waals surface area (Å²) in [5.74, 6) is 4.61. The third-order valence-electron chi connectivity index (χ3n) is 2.44. The third kappa shape index (κ3) is 3.33. The second-order valence-electron chi connectivity index (χ2n) is 3.69. The minimum atomic E-state index is -1.39. The van der Waals surface area contributed by atoms with Gasteiger partial charge in [-0.3, -0.25) is 15.1 Å². The smallest absolute Gasteiger partial charge is 0.230 e. The van der Waals surface area contributed by atoms with Crippen molar-refractivity contribution >= 4 is 5.91 Å². The molecule has 1 amide bonds. The van der Waals surface area contributed by atoms with Crippen LogP contribution in [0.5, 0.6) is 0 Å². The molecule has 5 unspecified atom stereocenters. The lowest BCUT2D eigenvalue weighted by Crippen LogP contribution is -2.67. The van der Waals surface area contributed by atoms with Gasteiger partial charge in [0, 0.05) is 6.92 Å². The van der Waals surface area contributed by atoms with Crippen LogP contribution in [0.1, 0.15) is 6.92 Å². The first-order valence-electron chi connectivity index (χ1n) is 5.01. The number of aliphatic hydroxyl groups excluding tert-OH is 3. The van der Waals surface area contributed by atoms with Crippen LogP contribution >= 0.6 is 0 Å². The first-order valence-corrected chi connectivity index (χ1v) is 5.01. The Hall–Kier alpha value is -0.810. The van der Waals surface area contributed by atoms with E-state index >= 15 is 0 Å². The maximum absolute atomic E-state index is 10.7. The van der Waals surface area contributed by atoms with Crippen molar-refractivity contribution in [2.24, 2.45) is 5.90 Å². The summed E-state index contributed by atoms with van der Waals surface area (Å²) in [6.45, 7) is 0.763. The van der Waals surface area contributed by atoms with Gasteiger partial charge in [-0.1, -0.05) is 0 Å². The second-order valence-corrected chi connectivity index (χ2v) is 3.69. The number of carbonyl (C=O) groups is 1. The molecule has 9 heteroatoms. The number of carbonyl (C=O) groups excluding carboxylic acids is 1. The molecule has 17 heavy (non-hydrogen) atoms. The monoisotopic (exact) mass is 251 g/mol. The highest BCUT2D eigenvalue weighted by atomic mass is 16.7. The molecule has 9 nitrogen and oxygen atoms in total. The van der Waals surface area contributed by atoms with Gasteiger partial charge in [0.25, 0.3) is 0 Å². The minimum Gasteiger partial charge on any atom is -0.394 e. The van der Waals surface area contributed by atoms with Gasteiger partial charge in [-0.15, -0.1) is 0 Å². The molecular weight excluding hydrogens is 234 g/mol. The first kappa shape index (κ1) is 14.3. The lowest BCUT2D eigenvalue weighted by atomic mass is 9.97. The SMILES string of the molecule is CC(=O)NNC1C(O)OC(CO)C(O)C1ON. The largest absolute Gasteiger partial charge is 0.394 e. The zero-order valence-electron chi connectivity index (χ0n) is 9.24. The van der Waals surface area contributed by atoms with Crippen molar-refractivity contribution < 1.29 is 29.7 Å². The fourth-order valence-electron chi connectivity index (χ4n) is 1.59. The zero-order chi connectivity index (χ0) is 13.0. The molecule has 1 heterocycles. The van der Waals surface area contributed by atoms with Crippen molar-refractivity contribution in [3.8, 4) is 0 Å². The fourth-order valence-corrected chi connectivity index (χ4v) is 1.59. The summed E-state index contributed by atoms with van der Waals surface area (Å²) in [6.07, 6.45) is -4.67. The van der Waals surface area contributed by atoms with E-state index in [-0.39, 0.29) is 0 Å². The average molecular weight is 251 g/mol. The van der Waals surface area contributed by atoms with Gasteiger partial charge in [0.2, 0.25) is 5.91 Å². The maximum atomic E-state index is 10.7. The molecule has 5 atom stereocenters. The highest BCUT2D eigenvalue weighted by molar-refractivity contribution is 5.72. The standard InChI is InChI=1S/C8H17N3O6/c1-3(13)10-11-5-7(17-9)6(14)4(2-12)16-8(5)15/h4-8,11-12,14-15H,2,9H2,1H3,(H,10,13). The molecular formula is C8H17N3O6. The highest BCUT2D eigenvalue weighted by Crippen LogP contribution is 2.20. The normalized spacial score (nSPS) is 37.8. The van der Waals surface area contributed by atoms with Gasteiger partial charge < -0.3 is 20.1 Å². The van der Waals surface area contributed by atoms with Crippen molar-refractivity contribution in [2.45, 2.75) is 37.6 Å². The predicted molar refractivity (Wildman–Crippen MR) is 53.8 cm³/mol. The molecule has 0 aromatic carbocycles. The van der Waals surface area contributed by atoms with E-state index in [0.717, 1.165) is 0 Å². The fraction of sp³-hybridized carbons (Fsp3) is 0.875. The van der Waals surface area contributed by atoms with Crippen LogP contribution in [-0.2, 0) is 14.4 Å². The summed E-state index contributed by atoms with van der Waals surface area (Å²) in [7, 11) is 0. The van der Waals surface area contributed by atoms with E-state index in [4.69, 9.17) is 15.7 Å². The van der Waals surface area contributed by atoms with Crippen LogP contribution in [0, 0.1) is 0 Å². The quantitative estimate of drug-likeness (QED) is 0.280. The van der Waals surface area contributed by atoms with Crippen LogP contribution in [-0.4, -0.2) is 58.5 Å². The van der Waals surface area contributed by atoms with Crippen molar-refractivity contribution in [3.63, 3.8) is 0 Å². The van der Waals surface area contributed by atoms with E-state index in [0.29, 0.717) is 0 Å². The van der Waals surface area contributed by atoms with Crippen molar-refractivity contribution in [2.75, 3.05) is 6.61 Å². The second kappa shape index (κ2) is 6.21. The molecule has 1 rings (SSSR count). The molecule has 7 N–H and O–H groups in total. The number of ether oxygens (including phenoxy) is 1. The van der Waals surface area contributed by atoms with Crippen molar-refractivity contribution in [1.82, 2.24) is 10.9 Å². The molecule has 0 aliphatic carbocycles. The van der Waals surface area contributed by atoms with E-state index in [9.17, 15) is 15.0 Å². The summed E-state index contributed by atoms with van der Waals surface area (Å²) >= 11 is 0. The van der Waals surface area contributed by atoms with Crippen molar-refractivity contribution in [3.05, 3.63) is 0 Å². The van der Waals surface area contributed by atoms with Crippen LogP contribution in [0.25, 0.3) is 0 Å². The van der Waals surface area contributed by atoms with Gasteiger partial charge >= 0.3 is 0 Å². The molecule has 1 aliphatic heterocycles. The summed E-state index contributed by atoms with van der Waals surface area (Å²) in [5, 5.41) is 28.3. The number of aliphatic hydroxyl groups is 3. The number of nitrogens with one attached hydrogen (secondary N) is 2. The number of hydrogen-bond acceptors (Lipinski definition) is 8. The summed E-state index contributed by atoms with van der Waals surface area (Å²) in [5.41, 5.74) is 4.65. The van der Waals surface area contributed by atoms with Crippen LogP contribution in [0.4, 0.5) is 0 Å². The summed E-state index contributed by atoms with van der Waals surface area (Å²) in [6, 6.07) is -0.957. The van der Waals surface area contributed by atoms with Gasteiger partial charge in [-0.2, -0.15) is 0 Å². The first-order chi connectivity index (χ1) is 8.01. The molecule has 0 bridgehead atoms. The minimum absolute atomic E-state index is 0.397. The molecule has 1 aliphatic rings. The molecule has 100 valence electrons. The number of hydrazine groups is 1. The van der Waals surface area contributed by atoms with E-state index in [1.54, 1.807) is 0 Å². The Morgan fingerprint density at radius 1 is 1.53 bits per heavy atom. The van der Waals surface area contributed by atoms with E-state index in [2.05, 4.69) is 15.7 Å². The van der Waals surface area contributed by atoms with Gasteiger partial charge in [0.1, 0.15) is 24.4 Å². The molecule has 0 spiro atoms. The topological polar surface area (TPSA) is 146 Å². The highest BCUT2D eigenvalue weighted by Gasteiger charge is 2.45. The Bertz CT molecular complexity index is 266. The molecule has 0 aromatic rings. The van der Waals surface area contributed by atoms with Gasteiger partial charge in [0.15, 0.2) is 6.29 Å². The Labute approximate surface area is 97.4 Å². The lowest BCUT2D eigenvalue weighted by molar-refractivity contribution is -0.264. The summed E-state index contributed by atoms with van der Waals surface area (Å²) in [4.78, 5) is 15.3. The van der Waals surface area contributed by atoms with Crippen LogP contribution < -0.4 is 16.7 Å². The molecule has 0 aromatic heterocycles. The van der Waals surface area contributed by atoms with E-state index in [1.165, 1.54) is 6.92 Å². The molecule has 0 radical (unpaired) electrons. The van der Waals surface area contributed by atoms with Gasteiger partial charge in [-0.25, -0.2) is 11.3 Å². The van der Waals surface area contributed by atoms with Crippen LogP contribution in [0.15, 0.2) is 0 Å². The van der Waals surface area contributed by atoms with Gasteiger partial charge in [-0.05, 0) is 0 Å². The van der Waals surface area contributed by atoms with E-state index < -0.39 is 43.2 Å². The predicted octanol–water partition coefficient (Wildman–Crippen LogP) is -3.67. The Kier molecular flexibility index (Phi) is 5.21. The molecule has 0 saturated carbocycles. The number of amides is 1. The zero-order valence-corrected chi connectivity index (χ0v) is 9.24.